The highest BCUT2D eigenvalue weighted by atomic mass is 16.6. The van der Waals surface area contributed by atoms with Crippen molar-refractivity contribution in [3.8, 4) is 11.1 Å². The molecule has 0 saturated heterocycles. The van der Waals surface area contributed by atoms with E-state index in [0.29, 0.717) is 6.42 Å². The molecule has 1 heterocycles. The van der Waals surface area contributed by atoms with Crippen molar-refractivity contribution >= 4 is 23.4 Å². The van der Waals surface area contributed by atoms with Crippen molar-refractivity contribution in [3.63, 3.8) is 0 Å². The van der Waals surface area contributed by atoms with Gasteiger partial charge in [0.25, 0.3) is 0 Å². The van der Waals surface area contributed by atoms with Crippen LogP contribution in [-0.4, -0.2) is 30.7 Å². The Morgan fingerprint density at radius 2 is 1.76 bits per heavy atom. The van der Waals surface area contributed by atoms with Gasteiger partial charge in [0.1, 0.15) is 0 Å². The molecule has 0 saturated carbocycles. The number of alkyl carbamates (subject to hydrolysis) is 1. The van der Waals surface area contributed by atoms with Crippen LogP contribution < -0.4 is 15.5 Å². The second-order valence-corrected chi connectivity index (χ2v) is 10.00. The van der Waals surface area contributed by atoms with Crippen molar-refractivity contribution < 1.29 is 14.3 Å². The quantitative estimate of drug-likeness (QED) is 0.338. The third kappa shape index (κ3) is 6.70. The highest BCUT2D eigenvalue weighted by Crippen LogP contribution is 2.40. The van der Waals surface area contributed by atoms with E-state index in [1.54, 1.807) is 6.92 Å². The average molecular weight is 500 g/mol. The van der Waals surface area contributed by atoms with E-state index >= 15 is 0 Å². The van der Waals surface area contributed by atoms with Gasteiger partial charge in [0.05, 0.1) is 12.1 Å². The van der Waals surface area contributed by atoms with Crippen LogP contribution in [0.1, 0.15) is 57.7 Å². The van der Waals surface area contributed by atoms with Gasteiger partial charge in [-0.3, -0.25) is 4.79 Å². The zero-order valence-corrected chi connectivity index (χ0v) is 22.2. The first-order chi connectivity index (χ1) is 17.8. The van der Waals surface area contributed by atoms with E-state index in [2.05, 4.69) is 59.2 Å². The molecule has 0 radical (unpaired) electrons. The summed E-state index contributed by atoms with van der Waals surface area (Å²) in [5.74, 6) is -0.00796. The molecule has 0 fully saturated rings. The monoisotopic (exact) mass is 499 g/mol. The number of carbonyl (C=O) groups excluding carboxylic acids is 2. The van der Waals surface area contributed by atoms with Crippen LogP contribution >= 0.6 is 0 Å². The van der Waals surface area contributed by atoms with Crippen LogP contribution in [0.25, 0.3) is 11.1 Å². The Morgan fingerprint density at radius 3 is 2.49 bits per heavy atom. The van der Waals surface area contributed by atoms with E-state index in [9.17, 15) is 9.59 Å². The molecule has 0 unspecified atom stereocenters. The maximum absolute atomic E-state index is 12.5. The number of nitrogens with one attached hydrogen (secondary N) is 2. The summed E-state index contributed by atoms with van der Waals surface area (Å²) in [6.45, 7) is 8.14. The number of ether oxygens (including phenoxy) is 1. The molecular formula is C31H37N3O3. The molecule has 37 heavy (non-hydrogen) atoms. The second-order valence-electron chi connectivity index (χ2n) is 10.00. The average Bonchev–Trinajstić information content (AvgIpc) is 2.86. The Labute approximate surface area is 220 Å². The van der Waals surface area contributed by atoms with Crippen molar-refractivity contribution in [1.29, 1.82) is 0 Å². The van der Waals surface area contributed by atoms with Crippen molar-refractivity contribution in [3.05, 3.63) is 83.9 Å². The molecule has 0 aromatic heterocycles. The summed E-state index contributed by atoms with van der Waals surface area (Å²) in [4.78, 5) is 26.7. The molecule has 6 heteroatoms. The molecule has 3 aromatic rings. The predicted molar refractivity (Wildman–Crippen MR) is 150 cm³/mol. The molecule has 3 aromatic carbocycles. The molecule has 2 N–H and O–H groups in total. The molecule has 2 amide bonds. The maximum Gasteiger partial charge on any atom is 0.407 e. The van der Waals surface area contributed by atoms with Crippen LogP contribution in [-0.2, 0) is 16.0 Å². The van der Waals surface area contributed by atoms with E-state index in [1.807, 2.05) is 49.9 Å². The van der Waals surface area contributed by atoms with Gasteiger partial charge in [-0.15, -0.1) is 0 Å². The van der Waals surface area contributed by atoms with Gasteiger partial charge in [0.15, 0.2) is 0 Å². The summed E-state index contributed by atoms with van der Waals surface area (Å²) in [6.07, 6.45) is 2.06. The fourth-order valence-electron chi connectivity index (χ4n) is 5.03. The Hall–Kier alpha value is -3.80. The molecule has 194 valence electrons. The molecule has 0 spiro atoms. The molecular weight excluding hydrogens is 462 g/mol. The minimum absolute atomic E-state index is 0.00796. The number of amides is 2. The van der Waals surface area contributed by atoms with Gasteiger partial charge in [-0.1, -0.05) is 48.5 Å². The number of fused-ring (bicyclic) bond motifs is 1. The smallest absolute Gasteiger partial charge is 0.407 e. The Balaban J connectivity index is 1.53. The van der Waals surface area contributed by atoms with Crippen LogP contribution in [0.2, 0.25) is 0 Å². The predicted octanol–water partition coefficient (Wildman–Crippen LogP) is 6.72. The lowest BCUT2D eigenvalue weighted by atomic mass is 9.89. The fourth-order valence-corrected chi connectivity index (χ4v) is 5.03. The molecule has 0 aliphatic carbocycles. The highest BCUT2D eigenvalue weighted by Gasteiger charge is 2.33. The van der Waals surface area contributed by atoms with Crippen LogP contribution in [0.4, 0.5) is 16.2 Å². The normalized spacial score (nSPS) is 16.7. The Morgan fingerprint density at radius 1 is 1.00 bits per heavy atom. The van der Waals surface area contributed by atoms with E-state index in [1.165, 1.54) is 5.56 Å². The number of hydrogen-bond acceptors (Lipinski definition) is 4. The topological polar surface area (TPSA) is 70.7 Å². The Kier molecular flexibility index (Phi) is 8.49. The molecule has 0 bridgehead atoms. The maximum atomic E-state index is 12.5. The van der Waals surface area contributed by atoms with Crippen molar-refractivity contribution in [2.45, 2.75) is 65.1 Å². The van der Waals surface area contributed by atoms with Crippen molar-refractivity contribution in [2.24, 2.45) is 0 Å². The van der Waals surface area contributed by atoms with Crippen LogP contribution in [0.5, 0.6) is 0 Å². The zero-order valence-electron chi connectivity index (χ0n) is 22.2. The third-order valence-electron chi connectivity index (χ3n) is 6.66. The second kappa shape index (κ2) is 12.0. The number of carbonyl (C=O) groups is 2. The van der Waals surface area contributed by atoms with Gasteiger partial charge in [0.2, 0.25) is 5.91 Å². The summed E-state index contributed by atoms with van der Waals surface area (Å²) < 4.78 is 5.34. The molecule has 2 atom stereocenters. The highest BCUT2D eigenvalue weighted by molar-refractivity contribution is 5.94. The summed E-state index contributed by atoms with van der Waals surface area (Å²) >= 11 is 0. The zero-order chi connectivity index (χ0) is 26.4. The van der Waals surface area contributed by atoms with E-state index in [0.717, 1.165) is 47.5 Å². The van der Waals surface area contributed by atoms with Gasteiger partial charge in [-0.05, 0) is 86.6 Å². The summed E-state index contributed by atoms with van der Waals surface area (Å²) in [5.41, 5.74) is 6.29. The van der Waals surface area contributed by atoms with Gasteiger partial charge in [0, 0.05) is 30.9 Å². The molecule has 4 rings (SSSR count). The van der Waals surface area contributed by atoms with Crippen molar-refractivity contribution in [1.82, 2.24) is 5.32 Å². The minimum atomic E-state index is -0.443. The molecule has 6 nitrogen and oxygen atoms in total. The Bertz CT molecular complexity index is 1230. The first-order valence-electron chi connectivity index (χ1n) is 13.1. The van der Waals surface area contributed by atoms with E-state index < -0.39 is 6.09 Å². The number of nitrogens with zero attached hydrogens (tertiary/aromatic N) is 1. The largest absolute Gasteiger partial charge is 0.447 e. The number of aryl methyl sites for hydroxylation is 1. The number of benzene rings is 3. The first-order valence-corrected chi connectivity index (χ1v) is 13.1. The number of anilines is 2. The lowest BCUT2D eigenvalue weighted by Crippen LogP contribution is -2.45. The standard InChI is InChI=1S/C31H37N3O3/c1-21(2)37-31(36)33-29-18-22(3)34(23(4)35)30-16-15-26(20-28(29)30)25-13-8-14-27(19-25)32-17-9-12-24-10-6-5-7-11-24/h5-8,10-11,13-16,19-22,29,32H,9,12,17-18H2,1-4H3,(H,33,36)/t22-,29+/m0/s1. The molecule has 1 aliphatic rings. The van der Waals surface area contributed by atoms with Crippen LogP contribution in [0, 0.1) is 0 Å². The van der Waals surface area contributed by atoms with Crippen molar-refractivity contribution in [2.75, 3.05) is 16.8 Å². The third-order valence-corrected chi connectivity index (χ3v) is 6.66. The fraction of sp³-hybridized carbons (Fsp3) is 0.355. The van der Waals surface area contributed by atoms with Gasteiger partial charge >= 0.3 is 6.09 Å². The summed E-state index contributed by atoms with van der Waals surface area (Å²) in [6, 6.07) is 24.7. The van der Waals surface area contributed by atoms with Crippen LogP contribution in [0.3, 0.4) is 0 Å². The number of hydrogen-bond donors (Lipinski definition) is 2. The lowest BCUT2D eigenvalue weighted by molar-refractivity contribution is -0.117. The van der Waals surface area contributed by atoms with Gasteiger partial charge in [-0.2, -0.15) is 0 Å². The summed E-state index contributed by atoms with van der Waals surface area (Å²) in [7, 11) is 0. The van der Waals surface area contributed by atoms with Gasteiger partial charge in [-0.25, -0.2) is 4.79 Å². The first kappa shape index (κ1) is 26.3. The lowest BCUT2D eigenvalue weighted by Gasteiger charge is -2.39. The summed E-state index contributed by atoms with van der Waals surface area (Å²) in [5, 5.41) is 6.56. The molecule has 1 aliphatic heterocycles. The van der Waals surface area contributed by atoms with Crippen LogP contribution in [0.15, 0.2) is 72.8 Å². The van der Waals surface area contributed by atoms with Gasteiger partial charge < -0.3 is 20.3 Å². The SMILES string of the molecule is CC(=O)N1c2ccc(-c3cccc(NCCCc4ccccc4)c3)cc2[C@H](NC(=O)OC(C)C)C[C@@H]1C. The number of rotatable bonds is 8. The minimum Gasteiger partial charge on any atom is -0.447 e. The van der Waals surface area contributed by atoms with E-state index in [-0.39, 0.29) is 24.1 Å². The van der Waals surface area contributed by atoms with E-state index in [4.69, 9.17) is 4.74 Å².